The van der Waals surface area contributed by atoms with Gasteiger partial charge in [-0.1, -0.05) is 35.8 Å². The van der Waals surface area contributed by atoms with Crippen molar-refractivity contribution in [3.8, 4) is 0 Å². The second-order valence-electron chi connectivity index (χ2n) is 5.15. The first-order chi connectivity index (χ1) is 7.83. The van der Waals surface area contributed by atoms with E-state index in [1.165, 1.54) is 11.1 Å². The van der Waals surface area contributed by atoms with Crippen LogP contribution in [0.4, 0.5) is 0 Å². The summed E-state index contributed by atoms with van der Waals surface area (Å²) in [7, 11) is 0. The monoisotopic (exact) mass is 297 g/mol. The van der Waals surface area contributed by atoms with Crippen molar-refractivity contribution in [2.24, 2.45) is 0 Å². The number of ketones is 1. The summed E-state index contributed by atoms with van der Waals surface area (Å²) in [5.41, 5.74) is 2.61. The highest BCUT2D eigenvalue weighted by atomic mass is 79.9. The molecule has 0 spiro atoms. The minimum atomic E-state index is 0.0172. The first-order valence-electron chi connectivity index (χ1n) is 5.80. The Morgan fingerprint density at radius 3 is 2.65 bits per heavy atom. The summed E-state index contributed by atoms with van der Waals surface area (Å²) >= 11 is 3.51. The second-order valence-corrected chi connectivity index (χ2v) is 6.06. The van der Waals surface area contributed by atoms with Gasteiger partial charge in [-0.05, 0) is 37.1 Å². The van der Waals surface area contributed by atoms with Crippen molar-refractivity contribution >= 4 is 21.7 Å². The van der Waals surface area contributed by atoms with Gasteiger partial charge in [0.2, 0.25) is 0 Å². The summed E-state index contributed by atoms with van der Waals surface area (Å²) in [5, 5.41) is 3.21. The van der Waals surface area contributed by atoms with Crippen LogP contribution in [-0.4, -0.2) is 18.9 Å². The number of carbonyl (C=O) groups is 1. The van der Waals surface area contributed by atoms with Crippen molar-refractivity contribution < 1.29 is 4.79 Å². The number of hydrogen-bond acceptors (Lipinski definition) is 2. The molecule has 2 nitrogen and oxygen atoms in total. The highest BCUT2D eigenvalue weighted by Gasteiger charge is 2.22. The number of carbonyl (C=O) groups excluding carboxylic acids is 1. The van der Waals surface area contributed by atoms with Crippen LogP contribution in [0.3, 0.4) is 0 Å². The Morgan fingerprint density at radius 1 is 1.41 bits per heavy atom. The molecule has 0 aromatic heterocycles. The lowest BCUT2D eigenvalue weighted by Gasteiger charge is -2.27. The second kappa shape index (κ2) is 5.78. The number of benzene rings is 1. The van der Waals surface area contributed by atoms with Gasteiger partial charge in [-0.2, -0.15) is 0 Å². The van der Waals surface area contributed by atoms with E-state index in [1.807, 2.05) is 0 Å². The molecule has 0 aliphatic heterocycles. The predicted molar refractivity (Wildman–Crippen MR) is 75.5 cm³/mol. The van der Waals surface area contributed by atoms with Crippen LogP contribution >= 0.6 is 15.9 Å². The lowest BCUT2D eigenvalue weighted by atomic mass is 9.82. The van der Waals surface area contributed by atoms with Crippen LogP contribution < -0.4 is 5.32 Å². The highest BCUT2D eigenvalue weighted by molar-refractivity contribution is 9.10. The predicted octanol–water partition coefficient (Wildman–Crippen LogP) is 3.21. The third-order valence-corrected chi connectivity index (χ3v) is 3.36. The van der Waals surface area contributed by atoms with E-state index in [9.17, 15) is 4.79 Å². The molecular weight excluding hydrogens is 278 g/mol. The zero-order valence-corrected chi connectivity index (χ0v) is 12.5. The van der Waals surface area contributed by atoms with Crippen molar-refractivity contribution in [3.63, 3.8) is 0 Å². The SMILES string of the molecule is CC(=O)CNCC(C)(C)c1cc(Br)ccc1C. The first kappa shape index (κ1) is 14.4. The zero-order valence-electron chi connectivity index (χ0n) is 10.9. The maximum absolute atomic E-state index is 10.9. The quantitative estimate of drug-likeness (QED) is 0.904. The first-order valence-corrected chi connectivity index (χ1v) is 6.59. The molecule has 94 valence electrons. The van der Waals surface area contributed by atoms with Crippen LogP contribution in [-0.2, 0) is 10.2 Å². The van der Waals surface area contributed by atoms with Gasteiger partial charge in [0.05, 0.1) is 6.54 Å². The molecule has 0 unspecified atom stereocenters. The normalized spacial score (nSPS) is 11.6. The molecule has 0 radical (unpaired) electrons. The fourth-order valence-electron chi connectivity index (χ4n) is 1.97. The molecule has 0 fully saturated rings. The maximum atomic E-state index is 10.9. The summed E-state index contributed by atoms with van der Waals surface area (Å²) in [6.07, 6.45) is 0. The fraction of sp³-hybridized carbons (Fsp3) is 0.500. The van der Waals surface area contributed by atoms with Crippen LogP contribution in [0.2, 0.25) is 0 Å². The van der Waals surface area contributed by atoms with Crippen molar-refractivity contribution in [1.29, 1.82) is 0 Å². The molecule has 1 rings (SSSR count). The van der Waals surface area contributed by atoms with Gasteiger partial charge in [-0.15, -0.1) is 0 Å². The molecule has 17 heavy (non-hydrogen) atoms. The molecule has 0 saturated heterocycles. The third-order valence-electron chi connectivity index (χ3n) is 2.87. The molecule has 0 atom stereocenters. The van der Waals surface area contributed by atoms with Crippen molar-refractivity contribution in [3.05, 3.63) is 33.8 Å². The number of aryl methyl sites for hydroxylation is 1. The summed E-state index contributed by atoms with van der Waals surface area (Å²) < 4.78 is 1.10. The molecule has 3 heteroatoms. The Kier molecular flexibility index (Phi) is 4.90. The third kappa shape index (κ3) is 4.25. The molecule has 0 heterocycles. The minimum Gasteiger partial charge on any atom is -0.309 e. The molecule has 1 aromatic carbocycles. The van der Waals surface area contributed by atoms with E-state index in [0.717, 1.165) is 11.0 Å². The number of hydrogen-bond donors (Lipinski definition) is 1. The van der Waals surface area contributed by atoms with E-state index in [-0.39, 0.29) is 11.2 Å². The molecule has 0 saturated carbocycles. The van der Waals surface area contributed by atoms with E-state index in [1.54, 1.807) is 6.92 Å². The number of rotatable bonds is 5. The van der Waals surface area contributed by atoms with Gasteiger partial charge < -0.3 is 5.32 Å². The lowest BCUT2D eigenvalue weighted by Crippen LogP contribution is -2.35. The van der Waals surface area contributed by atoms with Gasteiger partial charge in [0, 0.05) is 16.4 Å². The summed E-state index contributed by atoms with van der Waals surface area (Å²) in [4.78, 5) is 10.9. The van der Waals surface area contributed by atoms with Crippen molar-refractivity contribution in [1.82, 2.24) is 5.32 Å². The van der Waals surface area contributed by atoms with Crippen LogP contribution in [0.1, 0.15) is 31.9 Å². The lowest BCUT2D eigenvalue weighted by molar-refractivity contribution is -0.116. The van der Waals surface area contributed by atoms with Gasteiger partial charge in [0.1, 0.15) is 5.78 Å². The van der Waals surface area contributed by atoms with Crippen molar-refractivity contribution in [2.45, 2.75) is 33.1 Å². The molecule has 0 aliphatic carbocycles. The zero-order chi connectivity index (χ0) is 13.1. The van der Waals surface area contributed by atoms with E-state index in [0.29, 0.717) is 6.54 Å². The Labute approximate surface area is 112 Å². The number of nitrogens with one attached hydrogen (secondary N) is 1. The van der Waals surface area contributed by atoms with E-state index < -0.39 is 0 Å². The smallest absolute Gasteiger partial charge is 0.143 e. The Bertz CT molecular complexity index is 413. The molecule has 0 aliphatic rings. The van der Waals surface area contributed by atoms with Gasteiger partial charge in [0.25, 0.3) is 0 Å². The topological polar surface area (TPSA) is 29.1 Å². The van der Waals surface area contributed by atoms with Crippen LogP contribution in [0.5, 0.6) is 0 Å². The Balaban J connectivity index is 2.81. The van der Waals surface area contributed by atoms with Gasteiger partial charge in [-0.3, -0.25) is 4.79 Å². The average Bonchev–Trinajstić information content (AvgIpc) is 2.20. The molecule has 1 N–H and O–H groups in total. The minimum absolute atomic E-state index is 0.0172. The summed E-state index contributed by atoms with van der Waals surface area (Å²) in [6, 6.07) is 6.33. The van der Waals surface area contributed by atoms with E-state index in [4.69, 9.17) is 0 Å². The fourth-order valence-corrected chi connectivity index (χ4v) is 2.33. The van der Waals surface area contributed by atoms with Crippen LogP contribution in [0.15, 0.2) is 22.7 Å². The average molecular weight is 298 g/mol. The summed E-state index contributed by atoms with van der Waals surface area (Å²) in [5.74, 6) is 0.173. The molecule has 0 bridgehead atoms. The largest absolute Gasteiger partial charge is 0.309 e. The molecule has 1 aromatic rings. The Morgan fingerprint density at radius 2 is 2.06 bits per heavy atom. The highest BCUT2D eigenvalue weighted by Crippen LogP contribution is 2.28. The molecular formula is C14H20BrNO. The van der Waals surface area contributed by atoms with Crippen LogP contribution in [0.25, 0.3) is 0 Å². The Hall–Kier alpha value is -0.670. The van der Waals surface area contributed by atoms with Crippen molar-refractivity contribution in [2.75, 3.05) is 13.1 Å². The number of Topliss-reactive ketones (excluding diaryl/α,β-unsaturated/α-hetero) is 1. The maximum Gasteiger partial charge on any atom is 0.143 e. The van der Waals surface area contributed by atoms with Gasteiger partial charge in [-0.25, -0.2) is 0 Å². The van der Waals surface area contributed by atoms with Gasteiger partial charge in [0.15, 0.2) is 0 Å². The summed E-state index contributed by atoms with van der Waals surface area (Å²) in [6.45, 7) is 9.34. The van der Waals surface area contributed by atoms with Crippen LogP contribution in [0, 0.1) is 6.92 Å². The van der Waals surface area contributed by atoms with Gasteiger partial charge >= 0.3 is 0 Å². The van der Waals surface area contributed by atoms with E-state index >= 15 is 0 Å². The number of halogens is 1. The molecule has 0 amide bonds. The standard InChI is InChI=1S/C14H20BrNO/c1-10-5-6-12(15)7-13(10)14(3,4)9-16-8-11(2)17/h5-7,16H,8-9H2,1-4H3. The van der Waals surface area contributed by atoms with E-state index in [2.05, 4.69) is 60.2 Å².